The number of nitro benzene ring substituents is 1. The number of nitrogens with one attached hydrogen (secondary N) is 1. The molecular weight excluding hydrogens is 434 g/mol. The van der Waals surface area contributed by atoms with Gasteiger partial charge in [0.1, 0.15) is 6.54 Å². The van der Waals surface area contributed by atoms with Gasteiger partial charge in [-0.05, 0) is 23.8 Å². The lowest BCUT2D eigenvalue weighted by Gasteiger charge is -2.24. The highest BCUT2D eigenvalue weighted by molar-refractivity contribution is 7.92. The summed E-state index contributed by atoms with van der Waals surface area (Å²) in [6, 6.07) is 21.2. The summed E-state index contributed by atoms with van der Waals surface area (Å²) < 4.78 is 27.3. The van der Waals surface area contributed by atoms with E-state index in [1.54, 1.807) is 36.4 Å². The van der Waals surface area contributed by atoms with Crippen LogP contribution in [-0.2, 0) is 14.8 Å². The number of carbonyl (C=O) groups is 1. The van der Waals surface area contributed by atoms with Crippen LogP contribution in [-0.4, -0.2) is 37.4 Å². The molecule has 3 rings (SSSR count). The van der Waals surface area contributed by atoms with Gasteiger partial charge in [-0.2, -0.15) is 0 Å². The molecule has 0 aliphatic carbocycles. The molecule has 32 heavy (non-hydrogen) atoms. The topological polar surface area (TPSA) is 130 Å². The van der Waals surface area contributed by atoms with E-state index in [9.17, 15) is 28.4 Å². The molecule has 0 saturated heterocycles. The third-order valence-corrected chi connectivity index (χ3v) is 6.41. The van der Waals surface area contributed by atoms with Crippen LogP contribution in [0.25, 0.3) is 0 Å². The van der Waals surface area contributed by atoms with E-state index in [2.05, 4.69) is 5.32 Å². The van der Waals surface area contributed by atoms with Gasteiger partial charge in [-0.1, -0.05) is 54.6 Å². The molecule has 0 saturated carbocycles. The quantitative estimate of drug-likeness (QED) is 0.377. The van der Waals surface area contributed by atoms with Gasteiger partial charge in [0.2, 0.25) is 5.91 Å². The average molecular weight is 455 g/mol. The molecule has 0 fully saturated rings. The Bertz CT molecular complexity index is 1190. The third kappa shape index (κ3) is 5.48. The van der Waals surface area contributed by atoms with Gasteiger partial charge in [0, 0.05) is 18.7 Å². The van der Waals surface area contributed by atoms with Crippen LogP contribution < -0.4 is 9.62 Å². The predicted molar refractivity (Wildman–Crippen MR) is 118 cm³/mol. The number of amides is 1. The molecule has 0 bridgehead atoms. The summed E-state index contributed by atoms with van der Waals surface area (Å²) >= 11 is 0. The zero-order valence-corrected chi connectivity index (χ0v) is 17.7. The molecule has 2 N–H and O–H groups in total. The number of hydrogen-bond donors (Lipinski definition) is 2. The second kappa shape index (κ2) is 10.0. The maximum Gasteiger partial charge on any atom is 0.271 e. The van der Waals surface area contributed by atoms with Crippen LogP contribution in [0.15, 0.2) is 89.8 Å². The van der Waals surface area contributed by atoms with Crippen LogP contribution in [0.4, 0.5) is 11.4 Å². The van der Waals surface area contributed by atoms with Gasteiger partial charge in [-0.25, -0.2) is 8.42 Å². The van der Waals surface area contributed by atoms with E-state index < -0.39 is 33.5 Å². The summed E-state index contributed by atoms with van der Waals surface area (Å²) in [5.74, 6) is -0.675. The van der Waals surface area contributed by atoms with E-state index in [1.807, 2.05) is 0 Å². The molecule has 0 aromatic heterocycles. The van der Waals surface area contributed by atoms with Crippen LogP contribution in [0, 0.1) is 10.1 Å². The number of anilines is 1. The van der Waals surface area contributed by atoms with Crippen LogP contribution in [0.1, 0.15) is 11.7 Å². The van der Waals surface area contributed by atoms with Crippen LogP contribution >= 0.6 is 0 Å². The Morgan fingerprint density at radius 1 is 1.00 bits per heavy atom. The van der Waals surface area contributed by atoms with E-state index >= 15 is 0 Å². The second-order valence-corrected chi connectivity index (χ2v) is 8.69. The van der Waals surface area contributed by atoms with Crippen molar-refractivity contribution in [2.24, 2.45) is 0 Å². The first-order valence-electron chi connectivity index (χ1n) is 9.61. The summed E-state index contributed by atoms with van der Waals surface area (Å²) in [4.78, 5) is 23.0. The van der Waals surface area contributed by atoms with E-state index in [4.69, 9.17) is 0 Å². The maximum absolute atomic E-state index is 13.2. The lowest BCUT2D eigenvalue weighted by atomic mass is 10.1. The molecule has 0 spiro atoms. The summed E-state index contributed by atoms with van der Waals surface area (Å²) in [7, 11) is -4.19. The molecule has 9 nitrogen and oxygen atoms in total. The fourth-order valence-electron chi connectivity index (χ4n) is 2.99. The van der Waals surface area contributed by atoms with Gasteiger partial charge in [-0.15, -0.1) is 0 Å². The lowest BCUT2D eigenvalue weighted by Crippen LogP contribution is -2.42. The number of carbonyl (C=O) groups excluding carboxylic acids is 1. The molecular formula is C22H21N3O6S. The minimum atomic E-state index is -4.19. The van der Waals surface area contributed by atoms with Crippen LogP contribution in [0.3, 0.4) is 0 Å². The Balaban J connectivity index is 1.85. The zero-order chi connectivity index (χ0) is 23.1. The first-order valence-corrected chi connectivity index (χ1v) is 11.0. The van der Waals surface area contributed by atoms with Crippen molar-refractivity contribution in [1.82, 2.24) is 5.32 Å². The first kappa shape index (κ1) is 22.9. The summed E-state index contributed by atoms with van der Waals surface area (Å²) in [5.41, 5.74) is 0.262. The van der Waals surface area contributed by atoms with E-state index in [0.717, 1.165) is 10.4 Å². The number of aliphatic hydroxyl groups is 1. The highest BCUT2D eigenvalue weighted by Gasteiger charge is 2.28. The van der Waals surface area contributed by atoms with Crippen molar-refractivity contribution in [2.75, 3.05) is 17.4 Å². The zero-order valence-electron chi connectivity index (χ0n) is 16.9. The van der Waals surface area contributed by atoms with Crippen LogP contribution in [0.2, 0.25) is 0 Å². The predicted octanol–water partition coefficient (Wildman–Crippen LogP) is 2.64. The second-order valence-electron chi connectivity index (χ2n) is 6.83. The number of aliphatic hydroxyl groups excluding tert-OH is 1. The molecule has 1 amide bonds. The molecule has 0 radical (unpaired) electrons. The highest BCUT2D eigenvalue weighted by atomic mass is 32.2. The molecule has 0 heterocycles. The van der Waals surface area contributed by atoms with E-state index in [0.29, 0.717) is 5.56 Å². The molecule has 10 heteroatoms. The fourth-order valence-corrected chi connectivity index (χ4v) is 4.42. The van der Waals surface area contributed by atoms with Gasteiger partial charge >= 0.3 is 0 Å². The molecule has 1 atom stereocenters. The fraction of sp³-hybridized carbons (Fsp3) is 0.136. The Morgan fingerprint density at radius 3 is 2.25 bits per heavy atom. The minimum absolute atomic E-state index is 0.0261. The number of nitrogens with zero attached hydrogens (tertiary/aromatic N) is 2. The third-order valence-electron chi connectivity index (χ3n) is 4.62. The van der Waals surface area contributed by atoms with Crippen molar-refractivity contribution in [3.05, 3.63) is 101 Å². The number of sulfonamides is 1. The largest absolute Gasteiger partial charge is 0.387 e. The van der Waals surface area contributed by atoms with Crippen molar-refractivity contribution in [3.8, 4) is 0 Å². The SMILES string of the molecule is O=C(CN(c1cccc([N+](=O)[O-])c1)S(=O)(=O)c1ccccc1)NC[C@H](O)c1ccccc1. The molecule has 0 aliphatic rings. The normalized spacial score (nSPS) is 12.0. The number of hydrogen-bond acceptors (Lipinski definition) is 6. The standard InChI is InChI=1S/C22H21N3O6S/c26-21(17-8-3-1-4-9-17)15-23-22(27)16-24(18-10-7-11-19(14-18)25(28)29)32(30,31)20-12-5-2-6-13-20/h1-14,21,26H,15-16H2,(H,23,27)/t21-/m0/s1. The van der Waals surface area contributed by atoms with Gasteiger partial charge in [0.25, 0.3) is 15.7 Å². The Morgan fingerprint density at radius 2 is 1.62 bits per heavy atom. The Hall–Kier alpha value is -3.76. The van der Waals surface area contributed by atoms with E-state index in [-0.39, 0.29) is 22.8 Å². The van der Waals surface area contributed by atoms with E-state index in [1.165, 1.54) is 42.5 Å². The van der Waals surface area contributed by atoms with Crippen molar-refractivity contribution in [1.29, 1.82) is 0 Å². The summed E-state index contributed by atoms with van der Waals surface area (Å²) in [5, 5.41) is 23.9. The monoisotopic (exact) mass is 455 g/mol. The molecule has 0 aliphatic heterocycles. The lowest BCUT2D eigenvalue weighted by molar-refractivity contribution is -0.384. The summed E-state index contributed by atoms with van der Waals surface area (Å²) in [6.07, 6.45) is -0.975. The highest BCUT2D eigenvalue weighted by Crippen LogP contribution is 2.26. The maximum atomic E-state index is 13.2. The molecule has 3 aromatic rings. The van der Waals surface area contributed by atoms with Gasteiger partial charge in [-0.3, -0.25) is 19.2 Å². The number of non-ortho nitro benzene ring substituents is 1. The molecule has 166 valence electrons. The Labute approximate surface area is 185 Å². The van der Waals surface area contributed by atoms with Crippen molar-refractivity contribution in [3.63, 3.8) is 0 Å². The Kier molecular flexibility index (Phi) is 7.18. The first-order chi connectivity index (χ1) is 15.3. The van der Waals surface area contributed by atoms with Crippen molar-refractivity contribution in [2.45, 2.75) is 11.0 Å². The number of benzene rings is 3. The number of nitro groups is 1. The van der Waals surface area contributed by atoms with Gasteiger partial charge in [0.15, 0.2) is 0 Å². The van der Waals surface area contributed by atoms with Gasteiger partial charge in [0.05, 0.1) is 21.6 Å². The van der Waals surface area contributed by atoms with Crippen LogP contribution in [0.5, 0.6) is 0 Å². The minimum Gasteiger partial charge on any atom is -0.387 e. The average Bonchev–Trinajstić information content (AvgIpc) is 2.82. The molecule has 3 aromatic carbocycles. The summed E-state index contributed by atoms with van der Waals surface area (Å²) in [6.45, 7) is -0.753. The van der Waals surface area contributed by atoms with Crippen molar-refractivity contribution < 1.29 is 23.2 Å². The molecule has 0 unspecified atom stereocenters. The number of rotatable bonds is 9. The smallest absolute Gasteiger partial charge is 0.271 e. The van der Waals surface area contributed by atoms with Crippen molar-refractivity contribution >= 4 is 27.3 Å². The van der Waals surface area contributed by atoms with Gasteiger partial charge < -0.3 is 10.4 Å².